The summed E-state index contributed by atoms with van der Waals surface area (Å²) in [5, 5.41) is -0.256. The van der Waals surface area contributed by atoms with Crippen molar-refractivity contribution in [2.45, 2.75) is 6.92 Å². The molecule has 0 spiro atoms. The summed E-state index contributed by atoms with van der Waals surface area (Å²) in [6, 6.07) is 16.0. The van der Waals surface area contributed by atoms with Gasteiger partial charge in [0.1, 0.15) is 0 Å². The number of para-hydroxylation sites is 1. The van der Waals surface area contributed by atoms with Gasteiger partial charge >= 0.3 is 5.91 Å². The largest absolute Gasteiger partial charge is 0.310 e. The Balaban J connectivity index is 1.96. The van der Waals surface area contributed by atoms with E-state index in [0.717, 1.165) is 17.3 Å². The number of aryl methyl sites for hydroxylation is 1. The van der Waals surface area contributed by atoms with E-state index in [0.29, 0.717) is 16.3 Å². The molecule has 0 bridgehead atoms. The summed E-state index contributed by atoms with van der Waals surface area (Å²) in [6.07, 6.45) is 1.34. The number of carbonyl (C=O) groups is 3. The van der Waals surface area contributed by atoms with Crippen LogP contribution in [0.3, 0.4) is 0 Å². The summed E-state index contributed by atoms with van der Waals surface area (Å²) in [4.78, 5) is 37.5. The molecule has 1 aliphatic rings. The first-order valence-corrected chi connectivity index (χ1v) is 7.82. The van der Waals surface area contributed by atoms with Crippen molar-refractivity contribution in [3.05, 3.63) is 76.8 Å². The fourth-order valence-corrected chi connectivity index (χ4v) is 3.02. The minimum Gasteiger partial charge on any atom is -0.289 e. The molecule has 2 aromatic carbocycles. The molecule has 1 heterocycles. The molecule has 0 aromatic heterocycles. The maximum absolute atomic E-state index is 12.4. The number of thioether (sulfide) groups is 1. The van der Waals surface area contributed by atoms with Gasteiger partial charge in [0.15, 0.2) is 5.78 Å². The molecule has 0 unspecified atom stereocenters. The number of allylic oxidation sites excluding steroid dienone is 1. The van der Waals surface area contributed by atoms with Gasteiger partial charge in [0, 0.05) is 17.3 Å². The van der Waals surface area contributed by atoms with E-state index in [4.69, 9.17) is 0 Å². The Hall–Kier alpha value is -2.66. The van der Waals surface area contributed by atoms with Crippen molar-refractivity contribution in [1.29, 1.82) is 0 Å². The van der Waals surface area contributed by atoms with Crippen LogP contribution in [0.5, 0.6) is 0 Å². The number of amides is 1. The quantitative estimate of drug-likeness (QED) is 0.494. The summed E-state index contributed by atoms with van der Waals surface area (Å²) in [5.41, 5.74) is 2.14. The summed E-state index contributed by atoms with van der Waals surface area (Å²) in [6.45, 7) is 1.94. The standard InChI is InChI=1S/C18H13NO3S/c1-12-7-9-13(10-8-12)15(20)11-16-19(17(21)18(22)23-16)14-5-3-2-4-6-14/h2-11H,1H3. The first kappa shape index (κ1) is 15.2. The van der Waals surface area contributed by atoms with E-state index in [-0.39, 0.29) is 5.78 Å². The molecule has 3 rings (SSSR count). The van der Waals surface area contributed by atoms with Crippen LogP contribution in [0.4, 0.5) is 5.69 Å². The number of rotatable bonds is 3. The third-order valence-electron chi connectivity index (χ3n) is 3.40. The van der Waals surface area contributed by atoms with Gasteiger partial charge in [-0.25, -0.2) is 0 Å². The van der Waals surface area contributed by atoms with Crippen LogP contribution in [0.25, 0.3) is 0 Å². The van der Waals surface area contributed by atoms with Crippen LogP contribution in [0, 0.1) is 6.92 Å². The van der Waals surface area contributed by atoms with Crippen LogP contribution in [0.15, 0.2) is 65.7 Å². The molecule has 1 fully saturated rings. The first-order valence-electron chi connectivity index (χ1n) is 7.00. The zero-order chi connectivity index (χ0) is 16.4. The number of carbonyl (C=O) groups excluding carboxylic acids is 3. The van der Waals surface area contributed by atoms with Gasteiger partial charge in [-0.2, -0.15) is 0 Å². The minimum atomic E-state index is -0.635. The second-order valence-electron chi connectivity index (χ2n) is 5.08. The van der Waals surface area contributed by atoms with Gasteiger partial charge in [-0.1, -0.05) is 48.0 Å². The fourth-order valence-electron chi connectivity index (χ4n) is 2.20. The molecular formula is C18H13NO3S. The number of hydrogen-bond donors (Lipinski definition) is 0. The summed E-state index contributed by atoms with van der Waals surface area (Å²) in [7, 11) is 0. The third-order valence-corrected chi connectivity index (χ3v) is 4.27. The van der Waals surface area contributed by atoms with Crippen molar-refractivity contribution in [1.82, 2.24) is 0 Å². The Morgan fingerprint density at radius 1 is 1.00 bits per heavy atom. The maximum atomic E-state index is 12.4. The van der Waals surface area contributed by atoms with Gasteiger partial charge < -0.3 is 0 Å². The van der Waals surface area contributed by atoms with Gasteiger partial charge in [0.05, 0.1) is 5.03 Å². The molecule has 114 valence electrons. The van der Waals surface area contributed by atoms with Gasteiger partial charge in [-0.15, -0.1) is 0 Å². The molecule has 0 saturated carbocycles. The predicted molar refractivity (Wildman–Crippen MR) is 90.1 cm³/mol. The zero-order valence-electron chi connectivity index (χ0n) is 12.4. The Bertz CT molecular complexity index is 810. The monoisotopic (exact) mass is 323 g/mol. The molecule has 1 saturated heterocycles. The second kappa shape index (κ2) is 6.22. The van der Waals surface area contributed by atoms with Crippen molar-refractivity contribution >= 4 is 34.3 Å². The molecule has 2 aromatic rings. The van der Waals surface area contributed by atoms with Crippen molar-refractivity contribution in [2.24, 2.45) is 0 Å². The number of benzene rings is 2. The highest BCUT2D eigenvalue weighted by Gasteiger charge is 2.36. The molecule has 23 heavy (non-hydrogen) atoms. The SMILES string of the molecule is Cc1ccc(C(=O)C=C2SC(=O)C(=O)N2c2ccccc2)cc1. The molecule has 5 heteroatoms. The van der Waals surface area contributed by atoms with Crippen molar-refractivity contribution < 1.29 is 14.4 Å². The lowest BCUT2D eigenvalue weighted by Gasteiger charge is -2.15. The minimum absolute atomic E-state index is 0.240. The van der Waals surface area contributed by atoms with Crippen LogP contribution < -0.4 is 4.90 Å². The van der Waals surface area contributed by atoms with Gasteiger partial charge in [-0.05, 0) is 30.8 Å². The number of nitrogens with zero attached hydrogens (tertiary/aromatic N) is 1. The van der Waals surface area contributed by atoms with E-state index in [1.807, 2.05) is 25.1 Å². The number of anilines is 1. The van der Waals surface area contributed by atoms with E-state index >= 15 is 0 Å². The highest BCUT2D eigenvalue weighted by Crippen LogP contribution is 2.35. The molecule has 0 aliphatic carbocycles. The van der Waals surface area contributed by atoms with Crippen LogP contribution in [-0.2, 0) is 9.59 Å². The molecule has 1 amide bonds. The highest BCUT2D eigenvalue weighted by molar-refractivity contribution is 8.19. The summed E-state index contributed by atoms with van der Waals surface area (Å²) < 4.78 is 0. The van der Waals surface area contributed by atoms with E-state index in [2.05, 4.69) is 0 Å². The smallest absolute Gasteiger partial charge is 0.289 e. The van der Waals surface area contributed by atoms with Crippen LogP contribution in [-0.4, -0.2) is 16.8 Å². The Morgan fingerprint density at radius 2 is 1.65 bits per heavy atom. The lowest BCUT2D eigenvalue weighted by molar-refractivity contribution is -0.130. The van der Waals surface area contributed by atoms with E-state index < -0.39 is 11.0 Å². The first-order chi connectivity index (χ1) is 11.1. The number of hydrogen-bond acceptors (Lipinski definition) is 4. The van der Waals surface area contributed by atoms with Crippen LogP contribution >= 0.6 is 11.8 Å². The van der Waals surface area contributed by atoms with Gasteiger partial charge in [-0.3, -0.25) is 19.3 Å². The lowest BCUT2D eigenvalue weighted by atomic mass is 10.1. The van der Waals surface area contributed by atoms with Gasteiger partial charge in [0.25, 0.3) is 5.12 Å². The number of ketones is 1. The maximum Gasteiger partial charge on any atom is 0.310 e. The third kappa shape index (κ3) is 3.10. The fraction of sp³-hybridized carbons (Fsp3) is 0.0556. The normalized spacial score (nSPS) is 16.2. The molecular weight excluding hydrogens is 310 g/mol. The summed E-state index contributed by atoms with van der Waals surface area (Å²) in [5.74, 6) is -0.875. The Morgan fingerprint density at radius 3 is 2.30 bits per heavy atom. The Kier molecular flexibility index (Phi) is 4.12. The average molecular weight is 323 g/mol. The van der Waals surface area contributed by atoms with E-state index in [9.17, 15) is 14.4 Å². The zero-order valence-corrected chi connectivity index (χ0v) is 13.2. The van der Waals surface area contributed by atoms with Crippen molar-refractivity contribution in [3.63, 3.8) is 0 Å². The molecule has 0 N–H and O–H groups in total. The van der Waals surface area contributed by atoms with E-state index in [1.165, 1.54) is 11.0 Å². The lowest BCUT2D eigenvalue weighted by Crippen LogP contribution is -2.26. The van der Waals surface area contributed by atoms with Gasteiger partial charge in [0.2, 0.25) is 0 Å². The molecule has 1 aliphatic heterocycles. The highest BCUT2D eigenvalue weighted by atomic mass is 32.2. The van der Waals surface area contributed by atoms with E-state index in [1.54, 1.807) is 36.4 Å². The molecule has 0 atom stereocenters. The second-order valence-corrected chi connectivity index (χ2v) is 6.07. The average Bonchev–Trinajstić information content (AvgIpc) is 2.83. The van der Waals surface area contributed by atoms with Crippen LogP contribution in [0.1, 0.15) is 15.9 Å². The molecule has 4 nitrogen and oxygen atoms in total. The van der Waals surface area contributed by atoms with Crippen LogP contribution in [0.2, 0.25) is 0 Å². The molecule has 0 radical (unpaired) electrons. The van der Waals surface area contributed by atoms with Crippen molar-refractivity contribution in [2.75, 3.05) is 4.90 Å². The Labute approximate surface area is 137 Å². The predicted octanol–water partition coefficient (Wildman–Crippen LogP) is 3.33. The van der Waals surface area contributed by atoms with Crippen molar-refractivity contribution in [3.8, 4) is 0 Å². The topological polar surface area (TPSA) is 54.5 Å². The summed E-state index contributed by atoms with van der Waals surface area (Å²) >= 11 is 0.780.